The minimum atomic E-state index is -0.0490. The summed E-state index contributed by atoms with van der Waals surface area (Å²) in [5.74, 6) is 2.44. The van der Waals surface area contributed by atoms with E-state index in [9.17, 15) is 0 Å². The Morgan fingerprint density at radius 1 is 1.05 bits per heavy atom. The Kier molecular flexibility index (Phi) is 3.15. The van der Waals surface area contributed by atoms with Crippen LogP contribution in [0.15, 0.2) is 40.9 Å². The number of anilines is 1. The predicted octanol–water partition coefficient (Wildman–Crippen LogP) is 3.77. The average molecular weight is 348 g/mol. The van der Waals surface area contributed by atoms with Crippen molar-refractivity contribution in [1.29, 1.82) is 0 Å². The Morgan fingerprint density at radius 3 is 2.81 bits per heavy atom. The Balaban J connectivity index is 1.65. The lowest BCUT2D eigenvalue weighted by molar-refractivity contribution is 0.169. The van der Waals surface area contributed by atoms with Gasteiger partial charge in [0.05, 0.1) is 16.7 Å². The SMILES string of the molecule is Brc1cccc2c1OC(c1ccc3c(c1)OCCO3)CN2. The van der Waals surface area contributed by atoms with Gasteiger partial charge in [0.15, 0.2) is 17.2 Å². The van der Waals surface area contributed by atoms with E-state index in [4.69, 9.17) is 14.2 Å². The summed E-state index contributed by atoms with van der Waals surface area (Å²) in [4.78, 5) is 0. The number of halogens is 1. The zero-order valence-electron chi connectivity index (χ0n) is 11.3. The highest BCUT2D eigenvalue weighted by atomic mass is 79.9. The van der Waals surface area contributed by atoms with Crippen molar-refractivity contribution in [1.82, 2.24) is 0 Å². The quantitative estimate of drug-likeness (QED) is 0.852. The van der Waals surface area contributed by atoms with Gasteiger partial charge in [0.2, 0.25) is 0 Å². The van der Waals surface area contributed by atoms with Crippen LogP contribution >= 0.6 is 15.9 Å². The monoisotopic (exact) mass is 347 g/mol. The van der Waals surface area contributed by atoms with Crippen molar-refractivity contribution < 1.29 is 14.2 Å². The lowest BCUT2D eigenvalue weighted by atomic mass is 10.1. The second-order valence-electron chi connectivity index (χ2n) is 5.01. The van der Waals surface area contributed by atoms with E-state index < -0.39 is 0 Å². The molecule has 0 spiro atoms. The molecule has 2 aromatic carbocycles. The fourth-order valence-corrected chi connectivity index (χ4v) is 3.06. The van der Waals surface area contributed by atoms with Crippen LogP contribution in [0.4, 0.5) is 5.69 Å². The third-order valence-electron chi connectivity index (χ3n) is 3.64. The van der Waals surface area contributed by atoms with Gasteiger partial charge < -0.3 is 19.5 Å². The van der Waals surface area contributed by atoms with Crippen molar-refractivity contribution in [3.05, 3.63) is 46.4 Å². The summed E-state index contributed by atoms with van der Waals surface area (Å²) in [5, 5.41) is 3.41. The van der Waals surface area contributed by atoms with Crippen molar-refractivity contribution in [2.45, 2.75) is 6.10 Å². The lowest BCUT2D eigenvalue weighted by Gasteiger charge is -2.29. The second-order valence-corrected chi connectivity index (χ2v) is 5.86. The van der Waals surface area contributed by atoms with Crippen molar-refractivity contribution in [2.24, 2.45) is 0 Å². The topological polar surface area (TPSA) is 39.7 Å². The van der Waals surface area contributed by atoms with Crippen molar-refractivity contribution >= 4 is 21.6 Å². The van der Waals surface area contributed by atoms with Crippen molar-refractivity contribution in [3.8, 4) is 17.2 Å². The fourth-order valence-electron chi connectivity index (χ4n) is 2.60. The number of hydrogen-bond donors (Lipinski definition) is 1. The van der Waals surface area contributed by atoms with Crippen LogP contribution in [-0.4, -0.2) is 19.8 Å². The molecule has 1 unspecified atom stereocenters. The molecule has 4 nitrogen and oxygen atoms in total. The standard InChI is InChI=1S/C16H14BrNO3/c17-11-2-1-3-12-16(11)21-15(9-18-12)10-4-5-13-14(8-10)20-7-6-19-13/h1-5,8,15,18H,6-7,9H2. The number of hydrogen-bond acceptors (Lipinski definition) is 4. The molecular formula is C16H14BrNO3. The minimum absolute atomic E-state index is 0.0490. The zero-order chi connectivity index (χ0) is 14.2. The van der Waals surface area contributed by atoms with E-state index >= 15 is 0 Å². The normalized spacial score (nSPS) is 19.2. The van der Waals surface area contributed by atoms with Crippen LogP contribution < -0.4 is 19.5 Å². The molecule has 0 radical (unpaired) electrons. The molecule has 0 saturated carbocycles. The minimum Gasteiger partial charge on any atom is -0.486 e. The zero-order valence-corrected chi connectivity index (χ0v) is 12.9. The Bertz CT molecular complexity index is 689. The number of fused-ring (bicyclic) bond motifs is 2. The second kappa shape index (κ2) is 5.15. The molecule has 2 aliphatic rings. The molecule has 0 fully saturated rings. The van der Waals surface area contributed by atoms with E-state index in [1.807, 2.05) is 36.4 Å². The molecule has 1 atom stereocenters. The molecule has 0 amide bonds. The van der Waals surface area contributed by atoms with Crippen LogP contribution in [-0.2, 0) is 0 Å². The number of benzene rings is 2. The molecule has 21 heavy (non-hydrogen) atoms. The molecule has 0 saturated heterocycles. The van der Waals surface area contributed by atoms with Crippen molar-refractivity contribution in [2.75, 3.05) is 25.1 Å². The van der Waals surface area contributed by atoms with E-state index in [0.29, 0.717) is 13.2 Å². The van der Waals surface area contributed by atoms with Crippen LogP contribution in [0.2, 0.25) is 0 Å². The van der Waals surface area contributed by atoms with Crippen LogP contribution in [0.5, 0.6) is 17.2 Å². The summed E-state index contributed by atoms with van der Waals surface area (Å²) in [5.41, 5.74) is 2.09. The molecule has 2 aromatic rings. The highest BCUT2D eigenvalue weighted by Crippen LogP contribution is 2.41. The molecule has 108 valence electrons. The smallest absolute Gasteiger partial charge is 0.161 e. The third kappa shape index (κ3) is 2.31. The summed E-state index contributed by atoms with van der Waals surface area (Å²) >= 11 is 3.53. The van der Waals surface area contributed by atoms with Crippen LogP contribution in [0.1, 0.15) is 11.7 Å². The first-order chi connectivity index (χ1) is 10.3. The molecular weight excluding hydrogens is 334 g/mol. The van der Waals surface area contributed by atoms with E-state index in [0.717, 1.165) is 39.5 Å². The molecule has 0 bridgehead atoms. The van der Waals surface area contributed by atoms with Gasteiger partial charge in [-0.1, -0.05) is 12.1 Å². The van der Waals surface area contributed by atoms with Crippen LogP contribution in [0.3, 0.4) is 0 Å². The van der Waals surface area contributed by atoms with Gasteiger partial charge in [0.1, 0.15) is 19.3 Å². The van der Waals surface area contributed by atoms with Crippen LogP contribution in [0.25, 0.3) is 0 Å². The number of ether oxygens (including phenoxy) is 3. The molecule has 4 rings (SSSR count). The first-order valence-electron chi connectivity index (χ1n) is 6.90. The van der Waals surface area contributed by atoms with Gasteiger partial charge in [-0.2, -0.15) is 0 Å². The summed E-state index contributed by atoms with van der Waals surface area (Å²) in [6.45, 7) is 1.92. The largest absolute Gasteiger partial charge is 0.486 e. The predicted molar refractivity (Wildman–Crippen MR) is 83.4 cm³/mol. The molecule has 2 aliphatic heterocycles. The van der Waals surface area contributed by atoms with Gasteiger partial charge in [-0.05, 0) is 45.8 Å². The number of nitrogens with one attached hydrogen (secondary N) is 1. The third-order valence-corrected chi connectivity index (χ3v) is 4.27. The molecule has 1 N–H and O–H groups in total. The van der Waals surface area contributed by atoms with E-state index in [1.165, 1.54) is 0 Å². The molecule has 0 aliphatic carbocycles. The highest BCUT2D eigenvalue weighted by Gasteiger charge is 2.24. The molecule has 5 heteroatoms. The number of para-hydroxylation sites is 1. The van der Waals surface area contributed by atoms with Gasteiger partial charge in [0.25, 0.3) is 0 Å². The van der Waals surface area contributed by atoms with E-state index in [-0.39, 0.29) is 6.10 Å². The Hall–Kier alpha value is -1.88. The van der Waals surface area contributed by atoms with Gasteiger partial charge >= 0.3 is 0 Å². The van der Waals surface area contributed by atoms with E-state index in [2.05, 4.69) is 21.2 Å². The van der Waals surface area contributed by atoms with Crippen LogP contribution in [0, 0.1) is 0 Å². The lowest BCUT2D eigenvalue weighted by Crippen LogP contribution is -2.24. The summed E-state index contributed by atoms with van der Waals surface area (Å²) < 4.78 is 18.3. The summed E-state index contributed by atoms with van der Waals surface area (Å²) in [6, 6.07) is 12.0. The maximum atomic E-state index is 6.13. The highest BCUT2D eigenvalue weighted by molar-refractivity contribution is 9.10. The van der Waals surface area contributed by atoms with Gasteiger partial charge in [-0.25, -0.2) is 0 Å². The maximum Gasteiger partial charge on any atom is 0.161 e. The first kappa shape index (κ1) is 12.8. The fraction of sp³-hybridized carbons (Fsp3) is 0.250. The van der Waals surface area contributed by atoms with E-state index in [1.54, 1.807) is 0 Å². The van der Waals surface area contributed by atoms with Crippen molar-refractivity contribution in [3.63, 3.8) is 0 Å². The summed E-state index contributed by atoms with van der Waals surface area (Å²) in [7, 11) is 0. The van der Waals surface area contributed by atoms with Gasteiger partial charge in [-0.15, -0.1) is 0 Å². The Labute approximate surface area is 131 Å². The number of rotatable bonds is 1. The first-order valence-corrected chi connectivity index (χ1v) is 7.69. The van der Waals surface area contributed by atoms with Gasteiger partial charge in [0, 0.05) is 0 Å². The van der Waals surface area contributed by atoms with Gasteiger partial charge in [-0.3, -0.25) is 0 Å². The molecule has 2 heterocycles. The Morgan fingerprint density at radius 2 is 1.90 bits per heavy atom. The average Bonchev–Trinajstić information content (AvgIpc) is 2.54. The summed E-state index contributed by atoms with van der Waals surface area (Å²) in [6.07, 6.45) is -0.0490. The molecule has 0 aromatic heterocycles. The maximum absolute atomic E-state index is 6.13.